The molecule has 0 aromatic heterocycles. The highest BCUT2D eigenvalue weighted by molar-refractivity contribution is 5.85. The first-order chi connectivity index (χ1) is 16.2. The van der Waals surface area contributed by atoms with Crippen LogP contribution in [0.2, 0.25) is 0 Å². The Labute approximate surface area is 222 Å². The number of anilines is 3. The SMILES string of the molecule is CN(C)c1ccc(CCCN2CCC[C@@H]2CN2c3ccccc3COc3ccccc32)cc1.Cl.Cl. The van der Waals surface area contributed by atoms with Gasteiger partial charge in [0.25, 0.3) is 0 Å². The van der Waals surface area contributed by atoms with Gasteiger partial charge in [-0.25, -0.2) is 0 Å². The van der Waals surface area contributed by atoms with Gasteiger partial charge >= 0.3 is 0 Å². The second-order valence-corrected chi connectivity index (χ2v) is 9.49. The molecule has 2 aliphatic rings. The summed E-state index contributed by atoms with van der Waals surface area (Å²) in [5, 5.41) is 0. The minimum Gasteiger partial charge on any atom is -0.487 e. The summed E-state index contributed by atoms with van der Waals surface area (Å²) < 4.78 is 6.18. The quantitative estimate of drug-likeness (QED) is 0.348. The zero-order valence-corrected chi connectivity index (χ0v) is 22.4. The Hall–Kier alpha value is -2.40. The third-order valence-corrected chi connectivity index (χ3v) is 7.08. The third kappa shape index (κ3) is 6.24. The number of hydrogen-bond donors (Lipinski definition) is 0. The topological polar surface area (TPSA) is 19.0 Å². The number of fused-ring (bicyclic) bond motifs is 2. The lowest BCUT2D eigenvalue weighted by Gasteiger charge is -2.32. The molecule has 2 heterocycles. The van der Waals surface area contributed by atoms with Crippen molar-refractivity contribution < 1.29 is 4.74 Å². The van der Waals surface area contributed by atoms with Crippen LogP contribution in [0.3, 0.4) is 0 Å². The molecule has 0 N–H and O–H groups in total. The Balaban J connectivity index is 0.00000171. The van der Waals surface area contributed by atoms with Gasteiger partial charge in [0.15, 0.2) is 0 Å². The Bertz CT molecular complexity index is 1030. The highest BCUT2D eigenvalue weighted by atomic mass is 35.5. The molecule has 35 heavy (non-hydrogen) atoms. The molecule has 4 nitrogen and oxygen atoms in total. The molecule has 0 radical (unpaired) electrons. The minimum absolute atomic E-state index is 0. The average Bonchev–Trinajstić information content (AvgIpc) is 3.22. The van der Waals surface area contributed by atoms with Crippen LogP contribution in [-0.4, -0.2) is 44.7 Å². The summed E-state index contributed by atoms with van der Waals surface area (Å²) in [6.45, 7) is 4.01. The van der Waals surface area contributed by atoms with Crippen LogP contribution in [0.1, 0.15) is 30.4 Å². The highest BCUT2D eigenvalue weighted by Gasteiger charge is 2.29. The van der Waals surface area contributed by atoms with Crippen LogP contribution in [0.15, 0.2) is 72.8 Å². The highest BCUT2D eigenvalue weighted by Crippen LogP contribution is 2.40. The van der Waals surface area contributed by atoms with Gasteiger partial charge in [0.1, 0.15) is 12.4 Å². The van der Waals surface area contributed by atoms with E-state index in [-0.39, 0.29) is 24.8 Å². The lowest BCUT2D eigenvalue weighted by Crippen LogP contribution is -2.39. The molecule has 0 unspecified atom stereocenters. The van der Waals surface area contributed by atoms with Crippen molar-refractivity contribution in [3.8, 4) is 5.75 Å². The van der Waals surface area contributed by atoms with Crippen molar-refractivity contribution in [1.29, 1.82) is 0 Å². The summed E-state index contributed by atoms with van der Waals surface area (Å²) in [6, 6.07) is 26.8. The fourth-order valence-corrected chi connectivity index (χ4v) is 5.23. The fourth-order valence-electron chi connectivity index (χ4n) is 5.23. The third-order valence-electron chi connectivity index (χ3n) is 7.08. The van der Waals surface area contributed by atoms with Gasteiger partial charge in [0.05, 0.1) is 5.69 Å². The van der Waals surface area contributed by atoms with Crippen LogP contribution in [0, 0.1) is 0 Å². The zero-order chi connectivity index (χ0) is 22.6. The molecule has 0 saturated carbocycles. The van der Waals surface area contributed by atoms with Gasteiger partial charge in [0, 0.05) is 43.6 Å². The number of benzene rings is 3. The molecule has 1 fully saturated rings. The molecule has 0 amide bonds. The standard InChI is InChI=1S/C29H35N3O.2ClH/c1-30(2)25-17-15-23(16-18-25)9-7-19-31-20-8-11-26(31)21-32-27-12-4-3-10-24(27)22-33-29-14-6-5-13-28(29)32;;/h3-6,10,12-18,26H,7-9,11,19-22H2,1-2H3;2*1H/t26-;;/m1../s1. The second kappa shape index (κ2) is 12.5. The number of para-hydroxylation sites is 3. The lowest BCUT2D eigenvalue weighted by molar-refractivity contribution is 0.255. The first-order valence-corrected chi connectivity index (χ1v) is 12.3. The van der Waals surface area contributed by atoms with E-state index in [1.165, 1.54) is 54.0 Å². The number of rotatable bonds is 7. The smallest absolute Gasteiger partial charge is 0.143 e. The number of likely N-dealkylation sites (tertiary alicyclic amines) is 1. The molecule has 1 atom stereocenters. The van der Waals surface area contributed by atoms with Gasteiger partial charge < -0.3 is 14.5 Å². The summed E-state index contributed by atoms with van der Waals surface area (Å²) in [6.07, 6.45) is 4.89. The van der Waals surface area contributed by atoms with Crippen molar-refractivity contribution in [1.82, 2.24) is 4.90 Å². The zero-order valence-electron chi connectivity index (χ0n) is 20.7. The Kier molecular flexibility index (Phi) is 9.73. The lowest BCUT2D eigenvalue weighted by atomic mass is 10.1. The Morgan fingerprint density at radius 1 is 0.886 bits per heavy atom. The van der Waals surface area contributed by atoms with Crippen LogP contribution in [0.5, 0.6) is 5.75 Å². The van der Waals surface area contributed by atoms with E-state index in [1.807, 2.05) is 0 Å². The largest absolute Gasteiger partial charge is 0.487 e. The summed E-state index contributed by atoms with van der Waals surface area (Å²) in [7, 11) is 4.19. The molecule has 5 rings (SSSR count). The molecule has 188 valence electrons. The Morgan fingerprint density at radius 2 is 1.60 bits per heavy atom. The van der Waals surface area contributed by atoms with Gasteiger partial charge in [0.2, 0.25) is 0 Å². The number of nitrogens with zero attached hydrogens (tertiary/aromatic N) is 3. The van der Waals surface area contributed by atoms with E-state index in [0.717, 1.165) is 25.3 Å². The molecule has 3 aromatic carbocycles. The first-order valence-electron chi connectivity index (χ1n) is 12.3. The van der Waals surface area contributed by atoms with Crippen LogP contribution < -0.4 is 14.5 Å². The van der Waals surface area contributed by atoms with Crippen LogP contribution in [-0.2, 0) is 13.0 Å². The molecule has 2 aliphatic heterocycles. The summed E-state index contributed by atoms with van der Waals surface area (Å²) in [5.74, 6) is 0.986. The molecule has 0 bridgehead atoms. The van der Waals surface area contributed by atoms with E-state index in [1.54, 1.807) is 0 Å². The minimum atomic E-state index is 0. The van der Waals surface area contributed by atoms with Gasteiger partial charge in [-0.05, 0) is 74.7 Å². The van der Waals surface area contributed by atoms with E-state index in [4.69, 9.17) is 4.74 Å². The van der Waals surface area contributed by atoms with E-state index >= 15 is 0 Å². The van der Waals surface area contributed by atoms with Crippen molar-refractivity contribution >= 4 is 41.9 Å². The van der Waals surface area contributed by atoms with Crippen molar-refractivity contribution in [3.05, 3.63) is 83.9 Å². The van der Waals surface area contributed by atoms with Gasteiger partial charge in [-0.3, -0.25) is 4.90 Å². The molecule has 6 heteroatoms. The molecule has 1 saturated heterocycles. The van der Waals surface area contributed by atoms with Gasteiger partial charge in [-0.2, -0.15) is 0 Å². The molecule has 3 aromatic rings. The predicted octanol–water partition coefficient (Wildman–Crippen LogP) is 6.72. The maximum atomic E-state index is 6.18. The van der Waals surface area contributed by atoms with Crippen molar-refractivity contribution in [3.63, 3.8) is 0 Å². The van der Waals surface area contributed by atoms with Crippen molar-refractivity contribution in [2.24, 2.45) is 0 Å². The van der Waals surface area contributed by atoms with Gasteiger partial charge in [-0.1, -0.05) is 42.5 Å². The summed E-state index contributed by atoms with van der Waals surface area (Å²) in [4.78, 5) is 7.37. The summed E-state index contributed by atoms with van der Waals surface area (Å²) >= 11 is 0. The Morgan fingerprint density at radius 3 is 2.37 bits per heavy atom. The number of halogens is 2. The fraction of sp³-hybridized carbons (Fsp3) is 0.379. The number of ether oxygens (including phenoxy) is 1. The average molecular weight is 515 g/mol. The van der Waals surface area contributed by atoms with E-state index < -0.39 is 0 Å². The second-order valence-electron chi connectivity index (χ2n) is 9.49. The summed E-state index contributed by atoms with van der Waals surface area (Å²) in [5.41, 5.74) is 6.44. The normalized spacial score (nSPS) is 16.7. The maximum absolute atomic E-state index is 6.18. The molecular formula is C29H37Cl2N3O. The van der Waals surface area contributed by atoms with Gasteiger partial charge in [-0.15, -0.1) is 24.8 Å². The van der Waals surface area contributed by atoms with E-state index in [9.17, 15) is 0 Å². The number of aryl methyl sites for hydroxylation is 1. The molecule has 0 aliphatic carbocycles. The van der Waals surface area contributed by atoms with E-state index in [2.05, 4.69) is 102 Å². The first kappa shape index (κ1) is 27.2. The molecule has 0 spiro atoms. The maximum Gasteiger partial charge on any atom is 0.143 e. The molecular weight excluding hydrogens is 477 g/mol. The monoisotopic (exact) mass is 513 g/mol. The van der Waals surface area contributed by atoms with Crippen molar-refractivity contribution in [2.45, 2.75) is 38.3 Å². The van der Waals surface area contributed by atoms with Crippen LogP contribution in [0.4, 0.5) is 17.1 Å². The van der Waals surface area contributed by atoms with Crippen LogP contribution in [0.25, 0.3) is 0 Å². The van der Waals surface area contributed by atoms with Crippen LogP contribution >= 0.6 is 24.8 Å². The van der Waals surface area contributed by atoms with E-state index in [0.29, 0.717) is 12.6 Å². The number of hydrogen-bond acceptors (Lipinski definition) is 4. The van der Waals surface area contributed by atoms with Crippen molar-refractivity contribution in [2.75, 3.05) is 43.5 Å². The predicted molar refractivity (Wildman–Crippen MR) is 152 cm³/mol.